The number of alkyl halides is 1. The van der Waals surface area contributed by atoms with Gasteiger partial charge in [0.25, 0.3) is 0 Å². The highest BCUT2D eigenvalue weighted by atomic mass is 35.5. The molecule has 4 nitrogen and oxygen atoms in total. The summed E-state index contributed by atoms with van der Waals surface area (Å²) in [7, 11) is 0. The van der Waals surface area contributed by atoms with Crippen molar-refractivity contribution in [3.8, 4) is 0 Å². The second-order valence-corrected chi connectivity index (χ2v) is 5.86. The van der Waals surface area contributed by atoms with Crippen LogP contribution in [0.3, 0.4) is 0 Å². The Morgan fingerprint density at radius 3 is 2.43 bits per heavy atom. The van der Waals surface area contributed by atoms with Crippen molar-refractivity contribution in [2.24, 2.45) is 0 Å². The lowest BCUT2D eigenvalue weighted by Crippen LogP contribution is -2.38. The van der Waals surface area contributed by atoms with Gasteiger partial charge >= 0.3 is 0 Å². The van der Waals surface area contributed by atoms with E-state index in [4.69, 9.17) is 11.6 Å². The highest BCUT2D eigenvalue weighted by Crippen LogP contribution is 2.34. The second kappa shape index (κ2) is 6.42. The SMILES string of the molecule is CC1C(=O)NC(c2ccc(NC(=O)CCl)cc2)c2ccccc21. The monoisotopic (exact) mass is 328 g/mol. The van der Waals surface area contributed by atoms with Gasteiger partial charge in [0, 0.05) is 5.69 Å². The Kier molecular flexibility index (Phi) is 4.35. The summed E-state index contributed by atoms with van der Waals surface area (Å²) < 4.78 is 0. The normalized spacial score (nSPS) is 19.7. The molecule has 23 heavy (non-hydrogen) atoms. The standard InChI is InChI=1S/C18H17ClN2O2/c1-11-14-4-2-3-5-15(14)17(21-18(11)23)12-6-8-13(9-7-12)20-16(22)10-19/h2-9,11,17H,10H2,1H3,(H,20,22)(H,21,23). The minimum atomic E-state index is -0.246. The van der Waals surface area contributed by atoms with Crippen LogP contribution in [0.5, 0.6) is 0 Å². The number of benzene rings is 2. The fourth-order valence-corrected chi connectivity index (χ4v) is 2.94. The molecule has 2 aromatic carbocycles. The molecule has 2 N–H and O–H groups in total. The zero-order valence-corrected chi connectivity index (χ0v) is 13.4. The van der Waals surface area contributed by atoms with E-state index in [0.29, 0.717) is 5.69 Å². The summed E-state index contributed by atoms with van der Waals surface area (Å²) in [6.07, 6.45) is 0. The molecular formula is C18H17ClN2O2. The van der Waals surface area contributed by atoms with Gasteiger partial charge in [-0.2, -0.15) is 0 Å². The van der Waals surface area contributed by atoms with E-state index in [0.717, 1.165) is 16.7 Å². The average molecular weight is 329 g/mol. The molecule has 3 rings (SSSR count). The van der Waals surface area contributed by atoms with Gasteiger partial charge in [-0.15, -0.1) is 11.6 Å². The van der Waals surface area contributed by atoms with Crippen LogP contribution in [0.2, 0.25) is 0 Å². The number of nitrogens with one attached hydrogen (secondary N) is 2. The Morgan fingerprint density at radius 1 is 1.13 bits per heavy atom. The molecule has 0 aromatic heterocycles. The molecule has 1 heterocycles. The van der Waals surface area contributed by atoms with E-state index in [2.05, 4.69) is 10.6 Å². The van der Waals surface area contributed by atoms with Crippen molar-refractivity contribution in [1.82, 2.24) is 5.32 Å². The molecule has 5 heteroatoms. The molecule has 0 spiro atoms. The van der Waals surface area contributed by atoms with Gasteiger partial charge in [0.05, 0.1) is 12.0 Å². The van der Waals surface area contributed by atoms with Gasteiger partial charge in [-0.1, -0.05) is 36.4 Å². The molecule has 0 saturated carbocycles. The highest BCUT2D eigenvalue weighted by Gasteiger charge is 2.30. The number of carbonyl (C=O) groups excluding carboxylic acids is 2. The van der Waals surface area contributed by atoms with E-state index >= 15 is 0 Å². The van der Waals surface area contributed by atoms with Crippen molar-refractivity contribution in [1.29, 1.82) is 0 Å². The molecule has 0 saturated heterocycles. The first-order valence-electron chi connectivity index (χ1n) is 7.45. The van der Waals surface area contributed by atoms with Crippen LogP contribution < -0.4 is 10.6 Å². The van der Waals surface area contributed by atoms with Crippen molar-refractivity contribution in [2.45, 2.75) is 18.9 Å². The number of carbonyl (C=O) groups is 2. The number of amides is 2. The number of hydrogen-bond donors (Lipinski definition) is 2. The zero-order valence-electron chi connectivity index (χ0n) is 12.7. The van der Waals surface area contributed by atoms with Crippen molar-refractivity contribution in [2.75, 3.05) is 11.2 Å². The minimum Gasteiger partial charge on any atom is -0.345 e. The molecule has 1 aliphatic heterocycles. The van der Waals surface area contributed by atoms with Crippen LogP contribution in [0.15, 0.2) is 48.5 Å². The van der Waals surface area contributed by atoms with Gasteiger partial charge in [-0.25, -0.2) is 0 Å². The summed E-state index contributed by atoms with van der Waals surface area (Å²) in [6.45, 7) is 1.91. The van der Waals surface area contributed by atoms with Gasteiger partial charge in [-0.05, 0) is 35.7 Å². The molecule has 2 unspecified atom stereocenters. The van der Waals surface area contributed by atoms with Gasteiger partial charge in [-0.3, -0.25) is 9.59 Å². The van der Waals surface area contributed by atoms with Gasteiger partial charge in [0.1, 0.15) is 5.88 Å². The fourth-order valence-electron chi connectivity index (χ4n) is 2.87. The third-order valence-electron chi connectivity index (χ3n) is 4.10. The molecule has 118 valence electrons. The van der Waals surface area contributed by atoms with Crippen molar-refractivity contribution >= 4 is 29.1 Å². The number of rotatable bonds is 3. The molecule has 2 atom stereocenters. The molecule has 2 amide bonds. The van der Waals surface area contributed by atoms with E-state index in [1.807, 2.05) is 55.5 Å². The maximum atomic E-state index is 12.2. The number of fused-ring (bicyclic) bond motifs is 1. The molecule has 0 bridgehead atoms. The lowest BCUT2D eigenvalue weighted by Gasteiger charge is -2.30. The van der Waals surface area contributed by atoms with Crippen LogP contribution in [0.1, 0.15) is 35.6 Å². The van der Waals surface area contributed by atoms with Crippen molar-refractivity contribution < 1.29 is 9.59 Å². The first kappa shape index (κ1) is 15.6. The molecule has 0 radical (unpaired) electrons. The second-order valence-electron chi connectivity index (χ2n) is 5.60. The van der Waals surface area contributed by atoms with Crippen molar-refractivity contribution in [3.63, 3.8) is 0 Å². The lowest BCUT2D eigenvalue weighted by molar-refractivity contribution is -0.123. The van der Waals surface area contributed by atoms with E-state index in [1.54, 1.807) is 0 Å². The highest BCUT2D eigenvalue weighted by molar-refractivity contribution is 6.29. The Hall–Kier alpha value is -2.33. The summed E-state index contributed by atoms with van der Waals surface area (Å²) in [4.78, 5) is 23.5. The number of anilines is 1. The lowest BCUT2D eigenvalue weighted by atomic mass is 9.84. The minimum absolute atomic E-state index is 0.0215. The Labute approximate surface area is 139 Å². The van der Waals surface area contributed by atoms with E-state index in [-0.39, 0.29) is 29.7 Å². The van der Waals surface area contributed by atoms with E-state index in [9.17, 15) is 9.59 Å². The summed E-state index contributed by atoms with van der Waals surface area (Å²) >= 11 is 5.48. The largest absolute Gasteiger partial charge is 0.345 e. The Balaban J connectivity index is 1.91. The van der Waals surface area contributed by atoms with Crippen LogP contribution >= 0.6 is 11.6 Å². The predicted molar refractivity (Wildman–Crippen MR) is 90.6 cm³/mol. The number of hydrogen-bond acceptors (Lipinski definition) is 2. The van der Waals surface area contributed by atoms with Crippen LogP contribution in [0.25, 0.3) is 0 Å². The van der Waals surface area contributed by atoms with Crippen LogP contribution in [0, 0.1) is 0 Å². The van der Waals surface area contributed by atoms with Gasteiger partial charge in [0.2, 0.25) is 11.8 Å². The van der Waals surface area contributed by atoms with Gasteiger partial charge < -0.3 is 10.6 Å². The topological polar surface area (TPSA) is 58.2 Å². The summed E-state index contributed by atoms with van der Waals surface area (Å²) in [6, 6.07) is 15.2. The maximum Gasteiger partial charge on any atom is 0.239 e. The quantitative estimate of drug-likeness (QED) is 0.850. The summed E-state index contributed by atoms with van der Waals surface area (Å²) in [5.41, 5.74) is 3.82. The molecule has 1 aliphatic rings. The van der Waals surface area contributed by atoms with Crippen LogP contribution in [0.4, 0.5) is 5.69 Å². The van der Waals surface area contributed by atoms with Crippen molar-refractivity contribution in [3.05, 3.63) is 65.2 Å². The molecule has 0 fully saturated rings. The van der Waals surface area contributed by atoms with E-state index in [1.165, 1.54) is 0 Å². The zero-order chi connectivity index (χ0) is 16.4. The van der Waals surface area contributed by atoms with E-state index < -0.39 is 0 Å². The smallest absolute Gasteiger partial charge is 0.239 e. The summed E-state index contributed by atoms with van der Waals surface area (Å²) in [5.74, 6) is -0.450. The first-order valence-corrected chi connectivity index (χ1v) is 7.98. The average Bonchev–Trinajstić information content (AvgIpc) is 2.59. The molecule has 2 aromatic rings. The van der Waals surface area contributed by atoms with Crippen LogP contribution in [-0.4, -0.2) is 17.7 Å². The first-order chi connectivity index (χ1) is 11.1. The van der Waals surface area contributed by atoms with Gasteiger partial charge in [0.15, 0.2) is 0 Å². The third kappa shape index (κ3) is 3.08. The predicted octanol–water partition coefficient (Wildman–Crippen LogP) is 3.19. The maximum absolute atomic E-state index is 12.2. The summed E-state index contributed by atoms with van der Waals surface area (Å²) in [5, 5.41) is 5.76. The molecule has 0 aliphatic carbocycles. The third-order valence-corrected chi connectivity index (χ3v) is 4.35. The number of halogens is 1. The fraction of sp³-hybridized carbons (Fsp3) is 0.222. The Bertz CT molecular complexity index is 743. The van der Waals surface area contributed by atoms with Crippen LogP contribution in [-0.2, 0) is 9.59 Å². The molecular weight excluding hydrogens is 312 g/mol. The Morgan fingerprint density at radius 2 is 1.78 bits per heavy atom.